The Morgan fingerprint density at radius 3 is 3.00 bits per heavy atom. The molecule has 0 spiro atoms. The van der Waals surface area contributed by atoms with Crippen LogP contribution in [0.5, 0.6) is 5.75 Å². The van der Waals surface area contributed by atoms with Crippen LogP contribution >= 0.6 is 11.3 Å². The summed E-state index contributed by atoms with van der Waals surface area (Å²) in [6.45, 7) is 2.68. The summed E-state index contributed by atoms with van der Waals surface area (Å²) in [5.74, 6) is 0.910. The Bertz CT molecular complexity index is 564. The number of nitrogens with zero attached hydrogens (tertiary/aromatic N) is 1. The van der Waals surface area contributed by atoms with E-state index in [0.717, 1.165) is 33.9 Å². The highest BCUT2D eigenvalue weighted by Gasteiger charge is 2.29. The Balaban J connectivity index is 1.71. The normalized spacial score (nSPS) is 22.2. The van der Waals surface area contributed by atoms with Crippen LogP contribution in [-0.4, -0.2) is 30.8 Å². The predicted molar refractivity (Wildman–Crippen MR) is 78.2 cm³/mol. The van der Waals surface area contributed by atoms with E-state index in [1.54, 1.807) is 18.4 Å². The lowest BCUT2D eigenvalue weighted by atomic mass is 9.89. The summed E-state index contributed by atoms with van der Waals surface area (Å²) < 4.78 is 12.0. The highest BCUT2D eigenvalue weighted by Crippen LogP contribution is 2.32. The summed E-state index contributed by atoms with van der Waals surface area (Å²) >= 11 is 1.68. The lowest BCUT2D eigenvalue weighted by Crippen LogP contribution is -2.40. The van der Waals surface area contributed by atoms with Gasteiger partial charge >= 0.3 is 0 Å². The topological polar surface area (TPSA) is 43.4 Å². The third kappa shape index (κ3) is 2.67. The van der Waals surface area contributed by atoms with E-state index in [9.17, 15) is 0 Å². The summed E-state index contributed by atoms with van der Waals surface area (Å²) in [5, 5.41) is 4.46. The van der Waals surface area contributed by atoms with Gasteiger partial charge < -0.3 is 14.8 Å². The maximum absolute atomic E-state index is 5.51. The minimum atomic E-state index is 0.413. The molecule has 5 heteroatoms. The van der Waals surface area contributed by atoms with Crippen LogP contribution in [-0.2, 0) is 4.74 Å². The van der Waals surface area contributed by atoms with Gasteiger partial charge in [-0.2, -0.15) is 0 Å². The molecule has 1 saturated carbocycles. The fourth-order valence-corrected chi connectivity index (χ4v) is 3.24. The first-order chi connectivity index (χ1) is 9.28. The van der Waals surface area contributed by atoms with Crippen molar-refractivity contribution in [2.24, 2.45) is 0 Å². The molecule has 0 aliphatic heterocycles. The highest BCUT2D eigenvalue weighted by molar-refractivity contribution is 7.22. The van der Waals surface area contributed by atoms with Crippen molar-refractivity contribution in [2.75, 3.05) is 19.0 Å². The Hall–Kier alpha value is -1.33. The molecule has 1 aliphatic carbocycles. The Morgan fingerprint density at radius 2 is 2.26 bits per heavy atom. The number of benzene rings is 1. The maximum atomic E-state index is 5.51. The number of rotatable bonds is 5. The molecular formula is C14H18N2O2S. The van der Waals surface area contributed by atoms with Gasteiger partial charge in [0.15, 0.2) is 5.13 Å². The third-order valence-corrected chi connectivity index (χ3v) is 4.38. The largest absolute Gasteiger partial charge is 0.494 e. The van der Waals surface area contributed by atoms with Gasteiger partial charge in [-0.15, -0.1) is 0 Å². The van der Waals surface area contributed by atoms with Crippen molar-refractivity contribution in [1.29, 1.82) is 0 Å². The van der Waals surface area contributed by atoms with Crippen molar-refractivity contribution < 1.29 is 9.47 Å². The SMILES string of the molecule is CCOc1ccc2nc(NC3CC(OC)C3)sc2c1. The smallest absolute Gasteiger partial charge is 0.184 e. The first kappa shape index (κ1) is 12.7. The molecule has 2 aromatic rings. The van der Waals surface area contributed by atoms with E-state index in [1.807, 2.05) is 19.1 Å². The number of methoxy groups -OCH3 is 1. The van der Waals surface area contributed by atoms with Gasteiger partial charge in [-0.3, -0.25) is 0 Å². The number of hydrogen-bond acceptors (Lipinski definition) is 5. The van der Waals surface area contributed by atoms with Crippen molar-refractivity contribution in [3.8, 4) is 5.75 Å². The number of hydrogen-bond donors (Lipinski definition) is 1. The van der Waals surface area contributed by atoms with Gasteiger partial charge in [-0.25, -0.2) is 4.98 Å². The number of thiazole rings is 1. The lowest BCUT2D eigenvalue weighted by Gasteiger charge is -2.34. The molecule has 0 saturated heterocycles. The second-order valence-corrected chi connectivity index (χ2v) is 5.78. The molecule has 0 unspecified atom stereocenters. The second-order valence-electron chi connectivity index (χ2n) is 4.75. The van der Waals surface area contributed by atoms with Crippen molar-refractivity contribution in [3.05, 3.63) is 18.2 Å². The molecule has 0 bridgehead atoms. The molecule has 4 nitrogen and oxygen atoms in total. The highest BCUT2D eigenvalue weighted by atomic mass is 32.1. The zero-order chi connectivity index (χ0) is 13.2. The molecule has 0 atom stereocenters. The van der Waals surface area contributed by atoms with E-state index >= 15 is 0 Å². The number of anilines is 1. The zero-order valence-electron chi connectivity index (χ0n) is 11.2. The number of fused-ring (bicyclic) bond motifs is 1. The predicted octanol–water partition coefficient (Wildman–Crippen LogP) is 3.28. The molecule has 1 aromatic heterocycles. The van der Waals surface area contributed by atoms with Crippen LogP contribution in [0.15, 0.2) is 18.2 Å². The Morgan fingerprint density at radius 1 is 1.42 bits per heavy atom. The van der Waals surface area contributed by atoms with Crippen LogP contribution in [0.4, 0.5) is 5.13 Å². The van der Waals surface area contributed by atoms with Gasteiger partial charge in [-0.1, -0.05) is 11.3 Å². The van der Waals surface area contributed by atoms with Gasteiger partial charge in [0.25, 0.3) is 0 Å². The minimum Gasteiger partial charge on any atom is -0.494 e. The van der Waals surface area contributed by atoms with Gasteiger partial charge in [-0.05, 0) is 38.0 Å². The Labute approximate surface area is 116 Å². The van der Waals surface area contributed by atoms with Gasteiger partial charge in [0.05, 0.1) is 22.9 Å². The van der Waals surface area contributed by atoms with Crippen LogP contribution in [0, 0.1) is 0 Å². The van der Waals surface area contributed by atoms with Gasteiger partial charge in [0.1, 0.15) is 5.75 Å². The zero-order valence-corrected chi connectivity index (χ0v) is 12.0. The summed E-state index contributed by atoms with van der Waals surface area (Å²) in [7, 11) is 1.77. The van der Waals surface area contributed by atoms with Crippen LogP contribution in [0.3, 0.4) is 0 Å². The molecule has 0 amide bonds. The van der Waals surface area contributed by atoms with E-state index in [-0.39, 0.29) is 0 Å². The first-order valence-electron chi connectivity index (χ1n) is 6.61. The van der Waals surface area contributed by atoms with Gasteiger partial charge in [0, 0.05) is 13.2 Å². The van der Waals surface area contributed by atoms with Crippen LogP contribution in [0.25, 0.3) is 10.2 Å². The Kier molecular flexibility index (Phi) is 3.57. The average molecular weight is 278 g/mol. The molecule has 19 heavy (non-hydrogen) atoms. The molecule has 1 fully saturated rings. The fourth-order valence-electron chi connectivity index (χ4n) is 2.27. The van der Waals surface area contributed by atoms with E-state index in [4.69, 9.17) is 9.47 Å². The fraction of sp³-hybridized carbons (Fsp3) is 0.500. The van der Waals surface area contributed by atoms with E-state index < -0.39 is 0 Å². The molecule has 1 aromatic carbocycles. The molecule has 3 rings (SSSR count). The van der Waals surface area contributed by atoms with Crippen LogP contribution in [0.2, 0.25) is 0 Å². The average Bonchev–Trinajstić information content (AvgIpc) is 2.75. The van der Waals surface area contributed by atoms with E-state index in [0.29, 0.717) is 18.8 Å². The monoisotopic (exact) mass is 278 g/mol. The first-order valence-corrected chi connectivity index (χ1v) is 7.43. The number of aromatic nitrogens is 1. The van der Waals surface area contributed by atoms with Crippen molar-refractivity contribution in [2.45, 2.75) is 31.9 Å². The molecule has 0 radical (unpaired) electrons. The van der Waals surface area contributed by atoms with Crippen molar-refractivity contribution >= 4 is 26.7 Å². The molecule has 102 valence electrons. The summed E-state index contributed by atoms with van der Waals surface area (Å²) in [6.07, 6.45) is 2.55. The summed E-state index contributed by atoms with van der Waals surface area (Å²) in [4.78, 5) is 4.60. The molecule has 1 N–H and O–H groups in total. The van der Waals surface area contributed by atoms with E-state index in [2.05, 4.69) is 16.4 Å². The standard InChI is InChI=1S/C14H18N2O2S/c1-3-18-10-4-5-12-13(8-10)19-14(16-12)15-9-6-11(7-9)17-2/h4-5,8-9,11H,3,6-7H2,1-2H3,(H,15,16). The van der Waals surface area contributed by atoms with Crippen molar-refractivity contribution in [1.82, 2.24) is 4.98 Å². The summed E-state index contributed by atoms with van der Waals surface area (Å²) in [5.41, 5.74) is 1.03. The van der Waals surface area contributed by atoms with Crippen molar-refractivity contribution in [3.63, 3.8) is 0 Å². The van der Waals surface area contributed by atoms with Crippen LogP contribution < -0.4 is 10.1 Å². The second kappa shape index (κ2) is 5.35. The summed E-state index contributed by atoms with van der Waals surface area (Å²) in [6, 6.07) is 6.54. The quantitative estimate of drug-likeness (QED) is 0.911. The number of nitrogens with one attached hydrogen (secondary N) is 1. The molecular weight excluding hydrogens is 260 g/mol. The van der Waals surface area contributed by atoms with Gasteiger partial charge in [0.2, 0.25) is 0 Å². The number of ether oxygens (including phenoxy) is 2. The minimum absolute atomic E-state index is 0.413. The van der Waals surface area contributed by atoms with Crippen LogP contribution in [0.1, 0.15) is 19.8 Å². The molecule has 1 heterocycles. The molecule has 1 aliphatic rings. The maximum Gasteiger partial charge on any atom is 0.184 e. The third-order valence-electron chi connectivity index (χ3n) is 3.43. The van der Waals surface area contributed by atoms with E-state index in [1.165, 1.54) is 0 Å². The lowest BCUT2D eigenvalue weighted by molar-refractivity contribution is 0.0329.